The van der Waals surface area contributed by atoms with Crippen LogP contribution in [0.15, 0.2) is 46.4 Å². The number of ether oxygens (including phenoxy) is 1. The lowest BCUT2D eigenvalue weighted by atomic mass is 10.2. The first-order valence-electron chi connectivity index (χ1n) is 7.15. The molecule has 0 atom stereocenters. The molecule has 0 spiro atoms. The molecule has 0 saturated heterocycles. The Labute approximate surface area is 144 Å². The van der Waals surface area contributed by atoms with Gasteiger partial charge in [-0.3, -0.25) is 4.90 Å². The Balaban J connectivity index is 1.68. The van der Waals surface area contributed by atoms with E-state index in [2.05, 4.69) is 9.88 Å². The zero-order valence-corrected chi connectivity index (χ0v) is 14.5. The van der Waals surface area contributed by atoms with Crippen molar-refractivity contribution in [1.29, 1.82) is 0 Å². The van der Waals surface area contributed by atoms with E-state index < -0.39 is 0 Å². The predicted octanol–water partition coefficient (Wildman–Crippen LogP) is 4.70. The number of rotatable bonds is 6. The average Bonchev–Trinajstić information content (AvgIpc) is 3.18. The fourth-order valence-corrected chi connectivity index (χ4v) is 3.24. The standard InChI is InChI=1S/C17H17ClN2O2S/c1-20(9-12-8-13(18)5-6-15(12)21-2)10-14-11-22-17(19-14)16-4-3-7-23-16/h3-8,11H,9-10H2,1-2H3. The minimum absolute atomic E-state index is 0.670. The van der Waals surface area contributed by atoms with Crippen molar-refractivity contribution in [3.8, 4) is 16.5 Å². The second-order valence-corrected chi connectivity index (χ2v) is 6.63. The molecule has 23 heavy (non-hydrogen) atoms. The van der Waals surface area contributed by atoms with Gasteiger partial charge in [0.25, 0.3) is 0 Å². The highest BCUT2D eigenvalue weighted by Gasteiger charge is 2.12. The molecule has 2 aromatic heterocycles. The van der Waals surface area contributed by atoms with Crippen LogP contribution in [0.25, 0.3) is 10.8 Å². The van der Waals surface area contributed by atoms with E-state index in [1.165, 1.54) is 0 Å². The van der Waals surface area contributed by atoms with Gasteiger partial charge >= 0.3 is 0 Å². The molecule has 0 saturated carbocycles. The molecule has 6 heteroatoms. The zero-order chi connectivity index (χ0) is 16.2. The lowest BCUT2D eigenvalue weighted by Crippen LogP contribution is -2.18. The van der Waals surface area contributed by atoms with E-state index in [0.29, 0.717) is 24.0 Å². The van der Waals surface area contributed by atoms with Crippen molar-refractivity contribution in [2.45, 2.75) is 13.1 Å². The van der Waals surface area contributed by atoms with Gasteiger partial charge in [0.15, 0.2) is 0 Å². The molecule has 0 radical (unpaired) electrons. The number of thiophene rings is 1. The van der Waals surface area contributed by atoms with Crippen molar-refractivity contribution in [2.75, 3.05) is 14.2 Å². The monoisotopic (exact) mass is 348 g/mol. The largest absolute Gasteiger partial charge is 0.496 e. The Kier molecular flexibility index (Phi) is 5.00. The molecule has 0 N–H and O–H groups in total. The molecule has 0 bridgehead atoms. The van der Waals surface area contributed by atoms with Crippen LogP contribution in [0.2, 0.25) is 5.02 Å². The number of aromatic nitrogens is 1. The summed E-state index contributed by atoms with van der Waals surface area (Å²) in [5, 5.41) is 2.71. The molecule has 0 aliphatic heterocycles. The van der Waals surface area contributed by atoms with Crippen molar-refractivity contribution >= 4 is 22.9 Å². The van der Waals surface area contributed by atoms with E-state index in [9.17, 15) is 0 Å². The SMILES string of the molecule is COc1ccc(Cl)cc1CN(C)Cc1coc(-c2cccs2)n1. The summed E-state index contributed by atoms with van der Waals surface area (Å²) < 4.78 is 10.9. The maximum atomic E-state index is 6.08. The first-order chi connectivity index (χ1) is 11.2. The third kappa shape index (κ3) is 3.93. The number of oxazole rings is 1. The molecule has 0 amide bonds. The zero-order valence-electron chi connectivity index (χ0n) is 13.0. The molecule has 0 fully saturated rings. The number of benzene rings is 1. The average molecular weight is 349 g/mol. The summed E-state index contributed by atoms with van der Waals surface area (Å²) >= 11 is 7.69. The minimum atomic E-state index is 0.670. The summed E-state index contributed by atoms with van der Waals surface area (Å²) in [6, 6.07) is 9.63. The van der Waals surface area contributed by atoms with Gasteiger partial charge in [-0.05, 0) is 36.7 Å². The predicted molar refractivity (Wildman–Crippen MR) is 93.0 cm³/mol. The van der Waals surface area contributed by atoms with E-state index in [0.717, 1.165) is 21.9 Å². The number of nitrogens with zero attached hydrogens (tertiary/aromatic N) is 2. The van der Waals surface area contributed by atoms with Crippen LogP contribution in [-0.2, 0) is 13.1 Å². The third-order valence-corrected chi connectivity index (χ3v) is 4.49. The molecule has 3 aromatic rings. The molecule has 2 heterocycles. The Morgan fingerprint density at radius 1 is 1.30 bits per heavy atom. The van der Waals surface area contributed by atoms with Gasteiger partial charge in [0.05, 0.1) is 17.7 Å². The highest BCUT2D eigenvalue weighted by atomic mass is 35.5. The van der Waals surface area contributed by atoms with Crippen molar-refractivity contribution in [3.63, 3.8) is 0 Å². The van der Waals surface area contributed by atoms with Gasteiger partial charge in [0.2, 0.25) is 5.89 Å². The number of hydrogen-bond acceptors (Lipinski definition) is 5. The fraction of sp³-hybridized carbons (Fsp3) is 0.235. The van der Waals surface area contributed by atoms with Crippen molar-refractivity contribution in [2.24, 2.45) is 0 Å². The first-order valence-corrected chi connectivity index (χ1v) is 8.40. The van der Waals surface area contributed by atoms with Crippen LogP contribution < -0.4 is 4.74 Å². The number of hydrogen-bond donors (Lipinski definition) is 0. The van der Waals surface area contributed by atoms with Gasteiger partial charge < -0.3 is 9.15 Å². The lowest BCUT2D eigenvalue weighted by molar-refractivity contribution is 0.306. The number of halogens is 1. The Morgan fingerprint density at radius 3 is 2.91 bits per heavy atom. The van der Waals surface area contributed by atoms with Gasteiger partial charge in [0, 0.05) is 23.7 Å². The maximum absolute atomic E-state index is 6.08. The molecule has 0 aliphatic rings. The molecule has 120 valence electrons. The second kappa shape index (κ2) is 7.17. The van der Waals surface area contributed by atoms with E-state index >= 15 is 0 Å². The molecule has 4 nitrogen and oxygen atoms in total. The van der Waals surface area contributed by atoms with Gasteiger partial charge in [-0.2, -0.15) is 0 Å². The summed E-state index contributed by atoms with van der Waals surface area (Å²) in [7, 11) is 3.69. The lowest BCUT2D eigenvalue weighted by Gasteiger charge is -2.17. The highest BCUT2D eigenvalue weighted by molar-refractivity contribution is 7.13. The second-order valence-electron chi connectivity index (χ2n) is 5.25. The highest BCUT2D eigenvalue weighted by Crippen LogP contribution is 2.26. The van der Waals surface area contributed by atoms with Crippen LogP contribution in [0.5, 0.6) is 5.75 Å². The number of methoxy groups -OCH3 is 1. The fourth-order valence-electron chi connectivity index (χ4n) is 2.39. The Bertz CT molecular complexity index is 771. The maximum Gasteiger partial charge on any atom is 0.236 e. The quantitative estimate of drug-likeness (QED) is 0.647. The molecular weight excluding hydrogens is 332 g/mol. The molecule has 0 aliphatic carbocycles. The van der Waals surface area contributed by atoms with Crippen LogP contribution in [-0.4, -0.2) is 24.0 Å². The molecular formula is C17H17ClN2O2S. The van der Waals surface area contributed by atoms with Crippen molar-refractivity contribution in [3.05, 3.63) is 58.3 Å². The topological polar surface area (TPSA) is 38.5 Å². The summed E-state index contributed by atoms with van der Waals surface area (Å²) in [4.78, 5) is 7.72. The molecule has 3 rings (SSSR count). The van der Waals surface area contributed by atoms with E-state index in [4.69, 9.17) is 20.8 Å². The Morgan fingerprint density at radius 2 is 2.17 bits per heavy atom. The van der Waals surface area contributed by atoms with Crippen LogP contribution in [0.3, 0.4) is 0 Å². The summed E-state index contributed by atoms with van der Waals surface area (Å²) in [6.07, 6.45) is 1.71. The Hall–Kier alpha value is -1.82. The normalized spacial score (nSPS) is 11.1. The minimum Gasteiger partial charge on any atom is -0.496 e. The summed E-state index contributed by atoms with van der Waals surface area (Å²) in [5.74, 6) is 1.50. The molecule has 1 aromatic carbocycles. The van der Waals surface area contributed by atoms with Crippen LogP contribution in [0.4, 0.5) is 0 Å². The van der Waals surface area contributed by atoms with Crippen LogP contribution >= 0.6 is 22.9 Å². The van der Waals surface area contributed by atoms with Gasteiger partial charge in [-0.25, -0.2) is 4.98 Å². The van der Waals surface area contributed by atoms with Gasteiger partial charge in [0.1, 0.15) is 12.0 Å². The van der Waals surface area contributed by atoms with E-state index in [1.807, 2.05) is 42.8 Å². The van der Waals surface area contributed by atoms with Crippen molar-refractivity contribution < 1.29 is 9.15 Å². The van der Waals surface area contributed by atoms with E-state index in [-0.39, 0.29) is 0 Å². The van der Waals surface area contributed by atoms with Gasteiger partial charge in [-0.15, -0.1) is 11.3 Å². The van der Waals surface area contributed by atoms with E-state index in [1.54, 1.807) is 24.7 Å². The third-order valence-electron chi connectivity index (χ3n) is 3.40. The van der Waals surface area contributed by atoms with Crippen molar-refractivity contribution in [1.82, 2.24) is 9.88 Å². The van der Waals surface area contributed by atoms with Crippen LogP contribution in [0, 0.1) is 0 Å². The molecule has 0 unspecified atom stereocenters. The summed E-state index contributed by atoms with van der Waals surface area (Å²) in [6.45, 7) is 1.40. The first kappa shape index (κ1) is 16.1. The smallest absolute Gasteiger partial charge is 0.236 e. The van der Waals surface area contributed by atoms with Gasteiger partial charge in [-0.1, -0.05) is 17.7 Å². The summed E-state index contributed by atoms with van der Waals surface area (Å²) in [5.41, 5.74) is 1.95. The van der Waals surface area contributed by atoms with Crippen LogP contribution in [0.1, 0.15) is 11.3 Å².